The van der Waals surface area contributed by atoms with Gasteiger partial charge in [0.15, 0.2) is 0 Å². The van der Waals surface area contributed by atoms with Gasteiger partial charge in [0.05, 0.1) is 19.9 Å². The van der Waals surface area contributed by atoms with Gasteiger partial charge < -0.3 is 14.9 Å². The predicted molar refractivity (Wildman–Crippen MR) is 98.2 cm³/mol. The first-order chi connectivity index (χ1) is 11.7. The fourth-order valence-electron chi connectivity index (χ4n) is 1.95. The van der Waals surface area contributed by atoms with Crippen LogP contribution in [0, 0.1) is 12.3 Å². The molecule has 24 heavy (non-hydrogen) atoms. The van der Waals surface area contributed by atoms with Gasteiger partial charge in [-0.2, -0.15) is 5.10 Å². The molecule has 124 valence electrons. The molecule has 6 heteroatoms. The Labute approximate surface area is 151 Å². The molecule has 1 N–H and O–H groups in total. The van der Waals surface area contributed by atoms with Crippen LogP contribution in [0.4, 0.5) is 0 Å². The van der Waals surface area contributed by atoms with Crippen LogP contribution in [-0.2, 0) is 6.54 Å². The molecule has 4 nitrogen and oxygen atoms in total. The summed E-state index contributed by atoms with van der Waals surface area (Å²) in [7, 11) is 1.59. The third-order valence-corrected chi connectivity index (χ3v) is 3.85. The summed E-state index contributed by atoms with van der Waals surface area (Å²) in [6.07, 6.45) is 6.85. The van der Waals surface area contributed by atoms with Crippen LogP contribution in [0.15, 0.2) is 41.5 Å². The number of terminal acetylenes is 1. The molecule has 0 fully saturated rings. The minimum Gasteiger partial charge on any atom is -0.497 e. The number of methoxy groups -OCH3 is 1. The molecule has 0 aliphatic rings. The molecule has 0 unspecified atom stereocenters. The molecule has 2 aromatic rings. The lowest BCUT2D eigenvalue weighted by molar-refractivity contribution is 0.367. The van der Waals surface area contributed by atoms with Crippen LogP contribution < -0.4 is 14.9 Å². The number of hydrogen-bond acceptors (Lipinski definition) is 4. The molecule has 0 heterocycles. The second-order valence-electron chi connectivity index (χ2n) is 4.69. The smallest absolute Gasteiger partial charge is 0.148 e. The normalized spacial score (nSPS) is 10.4. The summed E-state index contributed by atoms with van der Waals surface area (Å²) in [5, 5.41) is 5.36. The molecule has 2 rings (SSSR count). The van der Waals surface area contributed by atoms with E-state index in [1.54, 1.807) is 49.7 Å². The molecule has 0 atom stereocenters. The van der Waals surface area contributed by atoms with E-state index in [1.807, 2.05) is 0 Å². The van der Waals surface area contributed by atoms with Crippen molar-refractivity contribution < 1.29 is 9.47 Å². The lowest BCUT2D eigenvalue weighted by Crippen LogP contribution is -2.07. The molecular formula is C18H16Cl2N2O2. The number of nitrogens with one attached hydrogen (secondary N) is 1. The Morgan fingerprint density at radius 3 is 2.67 bits per heavy atom. The van der Waals surface area contributed by atoms with Gasteiger partial charge in [0, 0.05) is 21.2 Å². The lowest BCUT2D eigenvalue weighted by atomic mass is 10.2. The van der Waals surface area contributed by atoms with Crippen LogP contribution in [0.3, 0.4) is 0 Å². The van der Waals surface area contributed by atoms with Crippen molar-refractivity contribution in [1.82, 2.24) is 5.43 Å². The Balaban J connectivity index is 2.09. The number of benzene rings is 2. The number of rotatable bonds is 7. The zero-order chi connectivity index (χ0) is 17.4. The number of hydrogen-bond donors (Lipinski definition) is 1. The molecule has 0 bridgehead atoms. The zero-order valence-electron chi connectivity index (χ0n) is 13.1. The Morgan fingerprint density at radius 2 is 2.00 bits per heavy atom. The third kappa shape index (κ3) is 4.82. The first kappa shape index (κ1) is 18.0. The minimum absolute atomic E-state index is 0.176. The monoisotopic (exact) mass is 362 g/mol. The molecule has 2 aromatic carbocycles. The van der Waals surface area contributed by atoms with Crippen LogP contribution in [0.1, 0.15) is 11.1 Å². The number of nitrogens with zero attached hydrogens (tertiary/aromatic N) is 1. The molecule has 0 saturated heterocycles. The van der Waals surface area contributed by atoms with Crippen LogP contribution >= 0.6 is 23.2 Å². The SMILES string of the molecule is C#CCOc1ccc(OC)cc1/C=N/NCc1c(Cl)cccc1Cl. The van der Waals surface area contributed by atoms with E-state index < -0.39 is 0 Å². The van der Waals surface area contributed by atoms with E-state index in [0.29, 0.717) is 28.1 Å². The van der Waals surface area contributed by atoms with Crippen molar-refractivity contribution in [3.8, 4) is 23.8 Å². The van der Waals surface area contributed by atoms with Crippen molar-refractivity contribution in [3.63, 3.8) is 0 Å². The second kappa shape index (κ2) is 9.07. The van der Waals surface area contributed by atoms with Crippen molar-refractivity contribution in [2.45, 2.75) is 6.54 Å². The van der Waals surface area contributed by atoms with Gasteiger partial charge in [-0.25, -0.2) is 0 Å². The maximum absolute atomic E-state index is 6.12. The molecule has 0 saturated carbocycles. The van der Waals surface area contributed by atoms with Crippen LogP contribution in [0.5, 0.6) is 11.5 Å². The summed E-state index contributed by atoms with van der Waals surface area (Å²) in [5.74, 6) is 3.74. The highest BCUT2D eigenvalue weighted by molar-refractivity contribution is 6.35. The third-order valence-electron chi connectivity index (χ3n) is 3.14. The quantitative estimate of drug-likeness (QED) is 0.457. The summed E-state index contributed by atoms with van der Waals surface area (Å²) in [6, 6.07) is 10.7. The van der Waals surface area contributed by atoms with Crippen molar-refractivity contribution in [2.24, 2.45) is 5.10 Å². The Kier molecular flexibility index (Phi) is 6.80. The van der Waals surface area contributed by atoms with Gasteiger partial charge in [-0.1, -0.05) is 35.2 Å². The van der Waals surface area contributed by atoms with Gasteiger partial charge in [0.2, 0.25) is 0 Å². The highest BCUT2D eigenvalue weighted by Gasteiger charge is 2.05. The fraction of sp³-hybridized carbons (Fsp3) is 0.167. The highest BCUT2D eigenvalue weighted by Crippen LogP contribution is 2.24. The molecule has 0 spiro atoms. The first-order valence-corrected chi connectivity index (χ1v) is 7.84. The number of ether oxygens (including phenoxy) is 2. The Morgan fingerprint density at radius 1 is 1.25 bits per heavy atom. The van der Waals surface area contributed by atoms with E-state index in [4.69, 9.17) is 39.1 Å². The van der Waals surface area contributed by atoms with E-state index in [9.17, 15) is 0 Å². The topological polar surface area (TPSA) is 42.9 Å². The maximum Gasteiger partial charge on any atom is 0.148 e. The van der Waals surface area contributed by atoms with Gasteiger partial charge in [-0.3, -0.25) is 0 Å². The molecular weight excluding hydrogens is 347 g/mol. The second-order valence-corrected chi connectivity index (χ2v) is 5.50. The molecule has 0 radical (unpaired) electrons. The maximum atomic E-state index is 6.12. The van der Waals surface area contributed by atoms with Crippen molar-refractivity contribution >= 4 is 29.4 Å². The average molecular weight is 363 g/mol. The standard InChI is InChI=1S/C18H16Cl2N2O2/c1-3-9-24-18-8-7-14(23-2)10-13(18)11-21-22-12-15-16(19)5-4-6-17(15)20/h1,4-8,10-11,22H,9,12H2,2H3/b21-11+. The summed E-state index contributed by atoms with van der Waals surface area (Å²) < 4.78 is 10.7. The van der Waals surface area contributed by atoms with Gasteiger partial charge in [-0.15, -0.1) is 6.42 Å². The van der Waals surface area contributed by atoms with Crippen LogP contribution in [0.2, 0.25) is 10.0 Å². The van der Waals surface area contributed by atoms with Crippen LogP contribution in [0.25, 0.3) is 0 Å². The predicted octanol–water partition coefficient (Wildman–Crippen LogP) is 4.14. The van der Waals surface area contributed by atoms with E-state index in [-0.39, 0.29) is 6.61 Å². The van der Waals surface area contributed by atoms with E-state index in [1.165, 1.54) is 0 Å². The number of hydrazone groups is 1. The molecule has 0 aliphatic carbocycles. The summed E-state index contributed by atoms with van der Waals surface area (Å²) in [5.41, 5.74) is 4.44. The fourth-order valence-corrected chi connectivity index (χ4v) is 2.48. The Hall–Kier alpha value is -2.35. The number of halogens is 2. The summed E-state index contributed by atoms with van der Waals surface area (Å²) in [4.78, 5) is 0. The van der Waals surface area contributed by atoms with Crippen LogP contribution in [-0.4, -0.2) is 19.9 Å². The van der Waals surface area contributed by atoms with E-state index in [0.717, 1.165) is 11.1 Å². The molecule has 0 amide bonds. The van der Waals surface area contributed by atoms with Gasteiger partial charge in [0.25, 0.3) is 0 Å². The average Bonchev–Trinajstić information content (AvgIpc) is 2.59. The lowest BCUT2D eigenvalue weighted by Gasteiger charge is -2.09. The Bertz CT molecular complexity index is 750. The molecule has 0 aliphatic heterocycles. The first-order valence-electron chi connectivity index (χ1n) is 7.09. The van der Waals surface area contributed by atoms with Gasteiger partial charge in [-0.05, 0) is 30.3 Å². The van der Waals surface area contributed by atoms with Crippen molar-refractivity contribution in [2.75, 3.05) is 13.7 Å². The largest absolute Gasteiger partial charge is 0.497 e. The van der Waals surface area contributed by atoms with Crippen molar-refractivity contribution in [1.29, 1.82) is 0 Å². The molecule has 0 aromatic heterocycles. The summed E-state index contributed by atoms with van der Waals surface area (Å²) >= 11 is 12.2. The van der Waals surface area contributed by atoms with E-state index in [2.05, 4.69) is 16.4 Å². The summed E-state index contributed by atoms with van der Waals surface area (Å²) in [6.45, 7) is 0.579. The highest BCUT2D eigenvalue weighted by atomic mass is 35.5. The van der Waals surface area contributed by atoms with E-state index >= 15 is 0 Å². The minimum atomic E-state index is 0.176. The van der Waals surface area contributed by atoms with Gasteiger partial charge in [0.1, 0.15) is 18.1 Å². The van der Waals surface area contributed by atoms with Crippen molar-refractivity contribution in [3.05, 3.63) is 57.6 Å². The zero-order valence-corrected chi connectivity index (χ0v) is 14.6. The van der Waals surface area contributed by atoms with Gasteiger partial charge >= 0.3 is 0 Å².